The molecule has 0 amide bonds. The van der Waals surface area contributed by atoms with E-state index in [1.54, 1.807) is 12.4 Å². The smallest absolute Gasteiger partial charge is 0.163 e. The summed E-state index contributed by atoms with van der Waals surface area (Å²) in [5.74, 6) is 2.05. The minimum Gasteiger partial charge on any atom is -0.262 e. The third-order valence-corrected chi connectivity index (χ3v) is 4.40. The van der Waals surface area contributed by atoms with Gasteiger partial charge in [-0.05, 0) is 24.6 Å². The van der Waals surface area contributed by atoms with E-state index in [1.807, 2.05) is 30.6 Å². The molecule has 0 spiro atoms. The maximum Gasteiger partial charge on any atom is 0.163 e. The molecule has 0 aromatic carbocycles. The zero-order valence-corrected chi connectivity index (χ0v) is 15.1. The van der Waals surface area contributed by atoms with Crippen LogP contribution in [0, 0.1) is 0 Å². The van der Waals surface area contributed by atoms with Crippen LogP contribution in [0.5, 0.6) is 0 Å². The number of hydrogen-bond donors (Lipinski definition) is 0. The highest BCUT2D eigenvalue weighted by Gasteiger charge is 2.13. The molecule has 4 rings (SSSR count). The van der Waals surface area contributed by atoms with Gasteiger partial charge in [-0.3, -0.25) is 4.98 Å². The lowest BCUT2D eigenvalue weighted by molar-refractivity contribution is 0.691. The van der Waals surface area contributed by atoms with Crippen molar-refractivity contribution < 1.29 is 0 Å². The lowest BCUT2D eigenvalue weighted by Gasteiger charge is -2.11. The molecule has 1 unspecified atom stereocenters. The summed E-state index contributed by atoms with van der Waals surface area (Å²) in [5.41, 5.74) is 2.59. The second-order valence-corrected chi connectivity index (χ2v) is 6.87. The topological polar surface area (TPSA) is 77.3 Å². The fourth-order valence-corrected chi connectivity index (χ4v) is 2.88. The molecule has 130 valence electrons. The van der Waals surface area contributed by atoms with Crippen LogP contribution < -0.4 is 0 Å². The average molecular weight is 344 g/mol. The van der Waals surface area contributed by atoms with E-state index in [0.29, 0.717) is 0 Å². The lowest BCUT2D eigenvalue weighted by Crippen LogP contribution is -2.06. The standard InChI is InChI=1S/C20H20N6/c1-12(2)18-22-10-15-4-5-16(24-20(15)26-18)8-13(3)19-23-9-14-6-7-21-11-17(14)25-19/h4-7,9-13H,8H2,1-3H3. The Hall–Kier alpha value is -3.02. The zero-order chi connectivity index (χ0) is 18.1. The van der Waals surface area contributed by atoms with Gasteiger partial charge in [-0.25, -0.2) is 24.9 Å². The van der Waals surface area contributed by atoms with Crippen LogP contribution in [0.25, 0.3) is 21.9 Å². The van der Waals surface area contributed by atoms with Gasteiger partial charge in [-0.15, -0.1) is 0 Å². The quantitative estimate of drug-likeness (QED) is 0.560. The molecule has 0 radical (unpaired) electrons. The molecule has 0 bridgehead atoms. The van der Waals surface area contributed by atoms with Crippen molar-refractivity contribution in [2.24, 2.45) is 0 Å². The van der Waals surface area contributed by atoms with Gasteiger partial charge in [0.05, 0.1) is 11.7 Å². The molecule has 6 nitrogen and oxygen atoms in total. The van der Waals surface area contributed by atoms with Gasteiger partial charge in [-0.2, -0.15) is 0 Å². The number of pyridine rings is 2. The van der Waals surface area contributed by atoms with Crippen LogP contribution in [0.1, 0.15) is 49.9 Å². The van der Waals surface area contributed by atoms with Gasteiger partial charge in [-0.1, -0.05) is 20.8 Å². The number of aromatic nitrogens is 6. The van der Waals surface area contributed by atoms with Crippen LogP contribution in [0.3, 0.4) is 0 Å². The van der Waals surface area contributed by atoms with Crippen LogP contribution in [0.15, 0.2) is 43.0 Å². The first kappa shape index (κ1) is 16.4. The zero-order valence-electron chi connectivity index (χ0n) is 15.1. The van der Waals surface area contributed by atoms with Gasteiger partial charge in [0.15, 0.2) is 5.65 Å². The predicted octanol–water partition coefficient (Wildman–Crippen LogP) is 3.83. The Labute approximate surface area is 151 Å². The lowest BCUT2D eigenvalue weighted by atomic mass is 10.0. The monoisotopic (exact) mass is 344 g/mol. The molecule has 4 aromatic heterocycles. The fourth-order valence-electron chi connectivity index (χ4n) is 2.88. The number of fused-ring (bicyclic) bond motifs is 2. The van der Waals surface area contributed by atoms with Gasteiger partial charge in [0.1, 0.15) is 11.6 Å². The molecule has 6 heteroatoms. The summed E-state index contributed by atoms with van der Waals surface area (Å²) in [6, 6.07) is 5.97. The molecule has 0 saturated heterocycles. The SMILES string of the molecule is CC(C)c1ncc2ccc(CC(C)c3ncc4ccncc4n3)nc2n1. The fraction of sp³-hybridized carbons (Fsp3) is 0.300. The maximum atomic E-state index is 4.73. The van der Waals surface area contributed by atoms with Gasteiger partial charge in [0.25, 0.3) is 0 Å². The van der Waals surface area contributed by atoms with Gasteiger partial charge < -0.3 is 0 Å². The Morgan fingerprint density at radius 1 is 0.808 bits per heavy atom. The largest absolute Gasteiger partial charge is 0.262 e. The Bertz CT molecular complexity index is 1080. The highest BCUT2D eigenvalue weighted by molar-refractivity contribution is 5.76. The van der Waals surface area contributed by atoms with Crippen molar-refractivity contribution in [2.45, 2.75) is 39.0 Å². The average Bonchev–Trinajstić information content (AvgIpc) is 2.67. The van der Waals surface area contributed by atoms with Crippen molar-refractivity contribution in [3.63, 3.8) is 0 Å². The molecule has 4 aromatic rings. The van der Waals surface area contributed by atoms with Crippen LogP contribution in [0.4, 0.5) is 0 Å². The second-order valence-electron chi connectivity index (χ2n) is 6.87. The number of hydrogen-bond acceptors (Lipinski definition) is 6. The van der Waals surface area contributed by atoms with Crippen LogP contribution in [-0.4, -0.2) is 29.9 Å². The Balaban J connectivity index is 1.62. The van der Waals surface area contributed by atoms with E-state index in [1.165, 1.54) is 0 Å². The van der Waals surface area contributed by atoms with Crippen molar-refractivity contribution in [2.75, 3.05) is 0 Å². The number of rotatable bonds is 4. The summed E-state index contributed by atoms with van der Waals surface area (Å²) in [5, 5.41) is 1.96. The molecule has 26 heavy (non-hydrogen) atoms. The highest BCUT2D eigenvalue weighted by atomic mass is 14.9. The second kappa shape index (κ2) is 6.71. The van der Waals surface area contributed by atoms with E-state index in [4.69, 9.17) is 4.98 Å². The summed E-state index contributed by atoms with van der Waals surface area (Å²) in [6.07, 6.45) is 7.97. The van der Waals surface area contributed by atoms with Crippen molar-refractivity contribution in [1.29, 1.82) is 0 Å². The minimum atomic E-state index is 0.149. The van der Waals surface area contributed by atoms with E-state index < -0.39 is 0 Å². The molecule has 0 saturated carbocycles. The molecule has 4 heterocycles. The molecular weight excluding hydrogens is 324 g/mol. The molecule has 1 atom stereocenters. The van der Waals surface area contributed by atoms with E-state index in [9.17, 15) is 0 Å². The Kier molecular flexibility index (Phi) is 4.24. The normalized spacial score (nSPS) is 12.8. The molecule has 0 N–H and O–H groups in total. The van der Waals surface area contributed by atoms with E-state index in [-0.39, 0.29) is 11.8 Å². The van der Waals surface area contributed by atoms with Crippen LogP contribution >= 0.6 is 0 Å². The Morgan fingerprint density at radius 2 is 1.62 bits per heavy atom. The van der Waals surface area contributed by atoms with E-state index >= 15 is 0 Å². The van der Waals surface area contributed by atoms with E-state index in [0.717, 1.165) is 45.7 Å². The van der Waals surface area contributed by atoms with E-state index in [2.05, 4.69) is 45.7 Å². The molecule has 0 aliphatic heterocycles. The summed E-state index contributed by atoms with van der Waals surface area (Å²) >= 11 is 0. The summed E-state index contributed by atoms with van der Waals surface area (Å²) in [7, 11) is 0. The van der Waals surface area contributed by atoms with Crippen molar-refractivity contribution >= 4 is 21.9 Å². The predicted molar refractivity (Wildman–Crippen MR) is 101 cm³/mol. The molecule has 0 aliphatic rings. The van der Waals surface area contributed by atoms with Crippen LogP contribution in [-0.2, 0) is 6.42 Å². The molecule has 0 aliphatic carbocycles. The highest BCUT2D eigenvalue weighted by Crippen LogP contribution is 2.20. The number of nitrogens with zero attached hydrogens (tertiary/aromatic N) is 6. The Morgan fingerprint density at radius 3 is 2.46 bits per heavy atom. The third kappa shape index (κ3) is 3.22. The molecular formula is C20H20N6. The minimum absolute atomic E-state index is 0.149. The third-order valence-electron chi connectivity index (χ3n) is 4.40. The van der Waals surface area contributed by atoms with Crippen LogP contribution in [0.2, 0.25) is 0 Å². The van der Waals surface area contributed by atoms with Gasteiger partial charge >= 0.3 is 0 Å². The van der Waals surface area contributed by atoms with Gasteiger partial charge in [0.2, 0.25) is 0 Å². The van der Waals surface area contributed by atoms with Crippen molar-refractivity contribution in [3.05, 3.63) is 60.3 Å². The summed E-state index contributed by atoms with van der Waals surface area (Å²) < 4.78 is 0. The molecule has 0 fully saturated rings. The first-order chi connectivity index (χ1) is 12.6. The maximum absolute atomic E-state index is 4.73. The van der Waals surface area contributed by atoms with Gasteiger partial charge in [0, 0.05) is 46.9 Å². The van der Waals surface area contributed by atoms with Crippen molar-refractivity contribution in [1.82, 2.24) is 29.9 Å². The first-order valence-electron chi connectivity index (χ1n) is 8.79. The summed E-state index contributed by atoms with van der Waals surface area (Å²) in [4.78, 5) is 27.0. The first-order valence-corrected chi connectivity index (χ1v) is 8.79. The van der Waals surface area contributed by atoms with Crippen molar-refractivity contribution in [3.8, 4) is 0 Å². The summed E-state index contributed by atoms with van der Waals surface area (Å²) in [6.45, 7) is 6.28.